The lowest BCUT2D eigenvalue weighted by molar-refractivity contribution is 0.563. The van der Waals surface area contributed by atoms with Crippen LogP contribution in [0.5, 0.6) is 0 Å². The van der Waals surface area contributed by atoms with E-state index in [9.17, 15) is 0 Å². The maximum atomic E-state index is 4.48. The largest absolute Gasteiger partial charge is 0.281 e. The number of rotatable bonds is 0. The molecule has 4 heteroatoms. The Bertz CT molecular complexity index is 476. The molecule has 0 aromatic carbocycles. The van der Waals surface area contributed by atoms with Crippen LogP contribution in [-0.2, 0) is 5.41 Å². The van der Waals surface area contributed by atoms with Crippen LogP contribution in [0.4, 0.5) is 0 Å². The van der Waals surface area contributed by atoms with Gasteiger partial charge in [-0.05, 0) is 22.9 Å². The van der Waals surface area contributed by atoms with E-state index in [1.807, 2.05) is 6.92 Å². The number of nitrogens with zero attached hydrogens (tertiary/aromatic N) is 2. The van der Waals surface area contributed by atoms with Crippen molar-refractivity contribution in [2.75, 3.05) is 0 Å². The first-order chi connectivity index (χ1) is 6.41. The molecule has 0 saturated carbocycles. The highest BCUT2D eigenvalue weighted by molar-refractivity contribution is 9.10. The third-order valence-electron chi connectivity index (χ3n) is 2.23. The number of imidazole rings is 1. The Morgan fingerprint density at radius 2 is 2.07 bits per heavy atom. The summed E-state index contributed by atoms with van der Waals surface area (Å²) in [6, 6.07) is 0. The molecule has 14 heavy (non-hydrogen) atoms. The van der Waals surface area contributed by atoms with Gasteiger partial charge in [-0.1, -0.05) is 20.8 Å². The molecule has 0 bridgehead atoms. The molecule has 0 amide bonds. The zero-order valence-electron chi connectivity index (χ0n) is 8.76. The minimum atomic E-state index is 0.161. The summed E-state index contributed by atoms with van der Waals surface area (Å²) in [6.07, 6.45) is 0. The number of hydrogen-bond donors (Lipinski definition) is 0. The summed E-state index contributed by atoms with van der Waals surface area (Å²) >= 11 is 5.28. The molecule has 0 unspecified atom stereocenters. The fourth-order valence-electron chi connectivity index (χ4n) is 1.45. The lowest BCUT2D eigenvalue weighted by Gasteiger charge is -2.17. The van der Waals surface area contributed by atoms with E-state index in [1.165, 1.54) is 5.69 Å². The van der Waals surface area contributed by atoms with Gasteiger partial charge < -0.3 is 0 Å². The van der Waals surface area contributed by atoms with Gasteiger partial charge in [-0.15, -0.1) is 11.3 Å². The van der Waals surface area contributed by atoms with Crippen molar-refractivity contribution in [3.05, 3.63) is 21.4 Å². The summed E-state index contributed by atoms with van der Waals surface area (Å²) in [5, 5.41) is 2.19. The topological polar surface area (TPSA) is 17.3 Å². The van der Waals surface area contributed by atoms with E-state index in [-0.39, 0.29) is 5.41 Å². The highest BCUT2D eigenvalue weighted by atomic mass is 79.9. The summed E-state index contributed by atoms with van der Waals surface area (Å²) in [4.78, 5) is 5.55. The molecule has 0 spiro atoms. The third kappa shape index (κ3) is 1.41. The summed E-state index contributed by atoms with van der Waals surface area (Å²) in [7, 11) is 0. The summed E-state index contributed by atoms with van der Waals surface area (Å²) in [5.74, 6) is 0. The van der Waals surface area contributed by atoms with Crippen molar-refractivity contribution < 1.29 is 0 Å². The van der Waals surface area contributed by atoms with E-state index in [0.717, 1.165) is 15.3 Å². The normalized spacial score (nSPS) is 12.6. The van der Waals surface area contributed by atoms with Crippen molar-refractivity contribution in [3.63, 3.8) is 0 Å². The Morgan fingerprint density at radius 3 is 2.64 bits per heavy atom. The Balaban J connectivity index is 2.79. The molecule has 2 rings (SSSR count). The Morgan fingerprint density at radius 1 is 1.43 bits per heavy atom. The second-order valence-corrected chi connectivity index (χ2v) is 6.06. The smallest absolute Gasteiger partial charge is 0.195 e. The number of fused-ring (bicyclic) bond motifs is 1. The lowest BCUT2D eigenvalue weighted by atomic mass is 9.93. The summed E-state index contributed by atoms with van der Waals surface area (Å²) in [6.45, 7) is 8.68. The quantitative estimate of drug-likeness (QED) is 0.714. The number of hydrogen-bond acceptors (Lipinski definition) is 2. The van der Waals surface area contributed by atoms with Crippen molar-refractivity contribution in [1.29, 1.82) is 0 Å². The van der Waals surface area contributed by atoms with Crippen molar-refractivity contribution >= 4 is 32.2 Å². The van der Waals surface area contributed by atoms with E-state index in [4.69, 9.17) is 0 Å². The van der Waals surface area contributed by atoms with Crippen LogP contribution >= 0.6 is 27.3 Å². The average molecular weight is 273 g/mol. The van der Waals surface area contributed by atoms with Crippen LogP contribution in [-0.4, -0.2) is 9.38 Å². The number of aryl methyl sites for hydroxylation is 1. The van der Waals surface area contributed by atoms with E-state index in [1.54, 1.807) is 11.3 Å². The van der Waals surface area contributed by atoms with Crippen molar-refractivity contribution in [3.8, 4) is 0 Å². The number of halogens is 1. The van der Waals surface area contributed by atoms with Crippen LogP contribution < -0.4 is 0 Å². The maximum absolute atomic E-state index is 4.48. The van der Waals surface area contributed by atoms with Crippen molar-refractivity contribution in [2.45, 2.75) is 33.1 Å². The minimum absolute atomic E-state index is 0.161. The molecule has 2 aromatic rings. The van der Waals surface area contributed by atoms with Gasteiger partial charge in [0, 0.05) is 16.5 Å². The van der Waals surface area contributed by atoms with Gasteiger partial charge in [0.25, 0.3) is 0 Å². The van der Waals surface area contributed by atoms with E-state index >= 15 is 0 Å². The van der Waals surface area contributed by atoms with Gasteiger partial charge in [0.05, 0.1) is 5.69 Å². The van der Waals surface area contributed by atoms with E-state index in [0.29, 0.717) is 0 Å². The molecule has 0 saturated heterocycles. The fourth-order valence-corrected chi connectivity index (χ4v) is 3.17. The van der Waals surface area contributed by atoms with Crippen molar-refractivity contribution in [1.82, 2.24) is 9.38 Å². The van der Waals surface area contributed by atoms with E-state index < -0.39 is 0 Å². The first-order valence-electron chi connectivity index (χ1n) is 4.54. The van der Waals surface area contributed by atoms with Gasteiger partial charge in [0.2, 0.25) is 0 Å². The summed E-state index contributed by atoms with van der Waals surface area (Å²) in [5.41, 5.74) is 2.53. The molecule has 2 nitrogen and oxygen atoms in total. The van der Waals surface area contributed by atoms with Gasteiger partial charge in [0.1, 0.15) is 4.60 Å². The Kier molecular flexibility index (Phi) is 2.23. The molecule has 2 heterocycles. The van der Waals surface area contributed by atoms with Gasteiger partial charge in [-0.3, -0.25) is 4.40 Å². The fraction of sp³-hybridized carbons (Fsp3) is 0.500. The molecule has 0 N–H and O–H groups in total. The molecule has 0 aliphatic rings. The lowest BCUT2D eigenvalue weighted by Crippen LogP contribution is -2.13. The molecule has 0 aliphatic heterocycles. The zero-order valence-corrected chi connectivity index (χ0v) is 11.2. The second-order valence-electron chi connectivity index (χ2n) is 4.48. The van der Waals surface area contributed by atoms with Crippen LogP contribution in [0.1, 0.15) is 32.2 Å². The monoisotopic (exact) mass is 272 g/mol. The molecule has 76 valence electrons. The van der Waals surface area contributed by atoms with E-state index in [2.05, 4.69) is 51.5 Å². The molecular formula is C10H13BrN2S. The second kappa shape index (κ2) is 3.07. The first kappa shape index (κ1) is 10.2. The highest BCUT2D eigenvalue weighted by Gasteiger charge is 2.21. The molecular weight excluding hydrogens is 260 g/mol. The van der Waals surface area contributed by atoms with Gasteiger partial charge in [0.15, 0.2) is 4.96 Å². The molecule has 0 atom stereocenters. The maximum Gasteiger partial charge on any atom is 0.195 e. The minimum Gasteiger partial charge on any atom is -0.281 e. The van der Waals surface area contributed by atoms with Crippen LogP contribution in [0.3, 0.4) is 0 Å². The predicted molar refractivity (Wildman–Crippen MR) is 64.2 cm³/mol. The zero-order chi connectivity index (χ0) is 10.5. The van der Waals surface area contributed by atoms with Crippen molar-refractivity contribution in [2.24, 2.45) is 0 Å². The Hall–Kier alpha value is -0.350. The summed E-state index contributed by atoms with van der Waals surface area (Å²) < 4.78 is 3.28. The number of thiazole rings is 1. The van der Waals surface area contributed by atoms with Crippen LogP contribution in [0.25, 0.3) is 4.96 Å². The highest BCUT2D eigenvalue weighted by Crippen LogP contribution is 2.31. The molecule has 0 fully saturated rings. The SMILES string of the molecule is Cc1nc2scc(C(C)(C)C)n2c1Br. The van der Waals surface area contributed by atoms with Crippen LogP contribution in [0.15, 0.2) is 9.98 Å². The predicted octanol–water partition coefficient (Wildman–Crippen LogP) is 3.76. The van der Waals surface area contributed by atoms with Crippen LogP contribution in [0.2, 0.25) is 0 Å². The average Bonchev–Trinajstić information content (AvgIpc) is 2.54. The standard InChI is InChI=1S/C10H13BrN2S/c1-6-8(11)13-7(10(2,3)4)5-14-9(13)12-6/h5H,1-4H3. The molecule has 0 radical (unpaired) electrons. The number of aromatic nitrogens is 2. The first-order valence-corrected chi connectivity index (χ1v) is 6.21. The van der Waals surface area contributed by atoms with Gasteiger partial charge in [-0.25, -0.2) is 4.98 Å². The van der Waals surface area contributed by atoms with Gasteiger partial charge in [-0.2, -0.15) is 0 Å². The molecule has 2 aromatic heterocycles. The van der Waals surface area contributed by atoms with Gasteiger partial charge >= 0.3 is 0 Å². The van der Waals surface area contributed by atoms with Crippen LogP contribution in [0, 0.1) is 6.92 Å². The molecule has 0 aliphatic carbocycles. The Labute approximate surface area is 96.1 Å². The third-order valence-corrected chi connectivity index (χ3v) is 3.99.